The number of halogens is 1. The van der Waals surface area contributed by atoms with Gasteiger partial charge in [0.1, 0.15) is 5.75 Å². The summed E-state index contributed by atoms with van der Waals surface area (Å²) in [4.78, 5) is 3.29. The molecule has 0 bridgehead atoms. The molecule has 1 N–H and O–H groups in total. The first-order valence-electron chi connectivity index (χ1n) is 3.60. The molecule has 0 fully saturated rings. The van der Waals surface area contributed by atoms with Gasteiger partial charge in [-0.25, -0.2) is 4.98 Å². The SMILES string of the molecule is CC(C)Oc1cc(O)cnc1F. The summed E-state index contributed by atoms with van der Waals surface area (Å²) >= 11 is 0. The van der Waals surface area contributed by atoms with Gasteiger partial charge in [-0.2, -0.15) is 4.39 Å². The van der Waals surface area contributed by atoms with Gasteiger partial charge in [0.2, 0.25) is 0 Å². The van der Waals surface area contributed by atoms with Crippen LogP contribution in [0.3, 0.4) is 0 Å². The third-order valence-electron chi connectivity index (χ3n) is 1.16. The second-order valence-electron chi connectivity index (χ2n) is 2.65. The zero-order chi connectivity index (χ0) is 9.14. The summed E-state index contributed by atoms with van der Waals surface area (Å²) in [5, 5.41) is 8.94. The van der Waals surface area contributed by atoms with Gasteiger partial charge in [-0.1, -0.05) is 0 Å². The van der Waals surface area contributed by atoms with Crippen molar-refractivity contribution in [3.05, 3.63) is 18.2 Å². The fourth-order valence-electron chi connectivity index (χ4n) is 0.754. The monoisotopic (exact) mass is 171 g/mol. The Labute approximate surface area is 69.8 Å². The minimum atomic E-state index is -0.707. The molecule has 1 aromatic rings. The van der Waals surface area contributed by atoms with Gasteiger partial charge in [-0.15, -0.1) is 0 Å². The summed E-state index contributed by atoms with van der Waals surface area (Å²) < 4.78 is 17.8. The maximum Gasteiger partial charge on any atom is 0.255 e. The van der Waals surface area contributed by atoms with Crippen molar-refractivity contribution in [3.63, 3.8) is 0 Å². The van der Waals surface area contributed by atoms with Crippen LogP contribution in [0.5, 0.6) is 11.5 Å². The van der Waals surface area contributed by atoms with Gasteiger partial charge in [0.05, 0.1) is 12.3 Å². The van der Waals surface area contributed by atoms with E-state index in [1.807, 2.05) is 0 Å². The molecule has 12 heavy (non-hydrogen) atoms. The Bertz CT molecular complexity index is 276. The molecule has 1 aromatic heterocycles. The highest BCUT2D eigenvalue weighted by atomic mass is 19.1. The maximum atomic E-state index is 12.8. The summed E-state index contributed by atoms with van der Waals surface area (Å²) in [6.45, 7) is 3.53. The molecule has 0 aliphatic rings. The van der Waals surface area contributed by atoms with Crippen LogP contribution in [0.1, 0.15) is 13.8 Å². The first-order valence-corrected chi connectivity index (χ1v) is 3.60. The van der Waals surface area contributed by atoms with E-state index < -0.39 is 5.95 Å². The lowest BCUT2D eigenvalue weighted by Crippen LogP contribution is -2.07. The van der Waals surface area contributed by atoms with Crippen molar-refractivity contribution in [2.75, 3.05) is 0 Å². The van der Waals surface area contributed by atoms with E-state index in [2.05, 4.69) is 4.98 Å². The van der Waals surface area contributed by atoms with Gasteiger partial charge in [0, 0.05) is 6.07 Å². The average Bonchev–Trinajstić information content (AvgIpc) is 1.96. The first kappa shape index (κ1) is 8.77. The molecule has 0 amide bonds. The summed E-state index contributed by atoms with van der Waals surface area (Å²) in [7, 11) is 0. The number of pyridine rings is 1. The Hall–Kier alpha value is -1.32. The zero-order valence-electron chi connectivity index (χ0n) is 6.91. The van der Waals surface area contributed by atoms with E-state index in [4.69, 9.17) is 9.84 Å². The van der Waals surface area contributed by atoms with Crippen LogP contribution in [0, 0.1) is 5.95 Å². The fourth-order valence-corrected chi connectivity index (χ4v) is 0.754. The summed E-state index contributed by atoms with van der Waals surface area (Å²) in [5.74, 6) is -0.835. The van der Waals surface area contributed by atoms with Crippen LogP contribution < -0.4 is 4.74 Å². The van der Waals surface area contributed by atoms with Crippen molar-refractivity contribution in [1.29, 1.82) is 0 Å². The van der Waals surface area contributed by atoms with E-state index in [1.165, 1.54) is 6.07 Å². The molecule has 0 radical (unpaired) electrons. The van der Waals surface area contributed by atoms with Crippen molar-refractivity contribution in [2.45, 2.75) is 20.0 Å². The smallest absolute Gasteiger partial charge is 0.255 e. The third-order valence-corrected chi connectivity index (χ3v) is 1.16. The van der Waals surface area contributed by atoms with Crippen molar-refractivity contribution < 1.29 is 14.2 Å². The van der Waals surface area contributed by atoms with Gasteiger partial charge < -0.3 is 9.84 Å². The second-order valence-corrected chi connectivity index (χ2v) is 2.65. The van der Waals surface area contributed by atoms with E-state index in [1.54, 1.807) is 13.8 Å². The Morgan fingerprint density at radius 1 is 1.58 bits per heavy atom. The van der Waals surface area contributed by atoms with Crippen molar-refractivity contribution >= 4 is 0 Å². The normalized spacial score (nSPS) is 10.3. The summed E-state index contributed by atoms with van der Waals surface area (Å²) in [6.07, 6.45) is 0.894. The molecule has 0 aromatic carbocycles. The van der Waals surface area contributed by atoms with E-state index in [-0.39, 0.29) is 17.6 Å². The van der Waals surface area contributed by atoms with Gasteiger partial charge in [0.15, 0.2) is 5.75 Å². The minimum absolute atomic E-state index is 0.0231. The molecule has 66 valence electrons. The fraction of sp³-hybridized carbons (Fsp3) is 0.375. The molecule has 4 heteroatoms. The van der Waals surface area contributed by atoms with Crippen molar-refractivity contribution in [1.82, 2.24) is 4.98 Å². The van der Waals surface area contributed by atoms with Crippen LogP contribution in [0.2, 0.25) is 0 Å². The molecule has 0 saturated heterocycles. The predicted octanol–water partition coefficient (Wildman–Crippen LogP) is 1.71. The highest BCUT2D eigenvalue weighted by molar-refractivity contribution is 5.28. The number of ether oxygens (including phenoxy) is 1. The Morgan fingerprint density at radius 3 is 2.83 bits per heavy atom. The zero-order valence-corrected chi connectivity index (χ0v) is 6.91. The summed E-state index contributed by atoms with van der Waals surface area (Å²) in [6, 6.07) is 1.20. The Balaban J connectivity index is 2.90. The van der Waals surface area contributed by atoms with Crippen LogP contribution in [0.15, 0.2) is 12.3 Å². The number of aromatic nitrogens is 1. The molecule has 0 aliphatic heterocycles. The second kappa shape index (κ2) is 3.38. The minimum Gasteiger partial charge on any atom is -0.506 e. The van der Waals surface area contributed by atoms with Gasteiger partial charge in [0.25, 0.3) is 5.95 Å². The largest absolute Gasteiger partial charge is 0.506 e. The quantitative estimate of drug-likeness (QED) is 0.689. The maximum absolute atomic E-state index is 12.8. The molecule has 0 atom stereocenters. The van der Waals surface area contributed by atoms with Crippen molar-refractivity contribution in [2.24, 2.45) is 0 Å². The third kappa shape index (κ3) is 2.08. The number of rotatable bonds is 2. The Morgan fingerprint density at radius 2 is 2.25 bits per heavy atom. The number of hydrogen-bond acceptors (Lipinski definition) is 3. The lowest BCUT2D eigenvalue weighted by atomic mass is 10.4. The van der Waals surface area contributed by atoms with Gasteiger partial charge >= 0.3 is 0 Å². The van der Waals surface area contributed by atoms with E-state index >= 15 is 0 Å². The first-order chi connectivity index (χ1) is 5.59. The lowest BCUT2D eigenvalue weighted by Gasteiger charge is -2.09. The lowest BCUT2D eigenvalue weighted by molar-refractivity contribution is 0.227. The molecular formula is C8H10FNO2. The number of hydrogen-bond donors (Lipinski definition) is 1. The number of aromatic hydroxyl groups is 1. The van der Waals surface area contributed by atoms with Crippen LogP contribution in [-0.4, -0.2) is 16.2 Å². The standard InChI is InChI=1S/C8H10FNO2/c1-5(2)12-7-3-6(11)4-10-8(7)9/h3-5,11H,1-2H3. The van der Waals surface area contributed by atoms with Gasteiger partial charge in [-0.3, -0.25) is 0 Å². The average molecular weight is 171 g/mol. The molecule has 3 nitrogen and oxygen atoms in total. The molecular weight excluding hydrogens is 161 g/mol. The molecule has 0 saturated carbocycles. The molecule has 0 spiro atoms. The van der Waals surface area contributed by atoms with Crippen LogP contribution in [0.25, 0.3) is 0 Å². The van der Waals surface area contributed by atoms with E-state index in [0.717, 1.165) is 6.20 Å². The molecule has 1 heterocycles. The van der Waals surface area contributed by atoms with Crippen LogP contribution in [0.4, 0.5) is 4.39 Å². The molecule has 0 unspecified atom stereocenters. The van der Waals surface area contributed by atoms with Gasteiger partial charge in [-0.05, 0) is 13.8 Å². The predicted molar refractivity (Wildman–Crippen MR) is 41.6 cm³/mol. The van der Waals surface area contributed by atoms with E-state index in [9.17, 15) is 4.39 Å². The topological polar surface area (TPSA) is 42.4 Å². The highest BCUT2D eigenvalue weighted by Gasteiger charge is 2.06. The summed E-state index contributed by atoms with van der Waals surface area (Å²) in [5.41, 5.74) is 0. The van der Waals surface area contributed by atoms with Crippen LogP contribution >= 0.6 is 0 Å². The van der Waals surface area contributed by atoms with E-state index in [0.29, 0.717) is 0 Å². The number of nitrogens with zero attached hydrogens (tertiary/aromatic N) is 1. The molecule has 1 rings (SSSR count). The molecule has 0 aliphatic carbocycles. The van der Waals surface area contributed by atoms with Crippen molar-refractivity contribution in [3.8, 4) is 11.5 Å². The highest BCUT2D eigenvalue weighted by Crippen LogP contribution is 2.20. The Kier molecular flexibility index (Phi) is 2.47. The van der Waals surface area contributed by atoms with Crippen LogP contribution in [-0.2, 0) is 0 Å².